The third-order valence-corrected chi connectivity index (χ3v) is 5.77. The van der Waals surface area contributed by atoms with Crippen LogP contribution in [0, 0.1) is 22.2 Å². The first kappa shape index (κ1) is 16.5. The maximum absolute atomic E-state index is 11.4. The van der Waals surface area contributed by atoms with Gasteiger partial charge in [0.25, 0.3) is 0 Å². The average Bonchev–Trinajstić information content (AvgIpc) is 2.47. The van der Waals surface area contributed by atoms with Gasteiger partial charge in [0, 0.05) is 4.47 Å². The second-order valence-electron chi connectivity index (χ2n) is 7.08. The zero-order valence-corrected chi connectivity index (χ0v) is 14.7. The summed E-state index contributed by atoms with van der Waals surface area (Å²) in [6.07, 6.45) is 4.03. The maximum Gasteiger partial charge on any atom is 0.108 e. The number of nitriles is 1. The van der Waals surface area contributed by atoms with Crippen LogP contribution in [0.1, 0.15) is 58.4 Å². The number of nitrogens with zero attached hydrogens (tertiary/aromatic N) is 1. The SMILES string of the molecule is CCC(O)(c1cccc(Br)c1)C1(C#N)CCC(C)(C)CC1. The normalized spacial score (nSPS) is 23.0. The Morgan fingerprint density at radius 1 is 1.29 bits per heavy atom. The van der Waals surface area contributed by atoms with E-state index in [-0.39, 0.29) is 5.41 Å². The molecule has 2 nitrogen and oxygen atoms in total. The molecule has 0 aromatic heterocycles. The number of rotatable bonds is 3. The van der Waals surface area contributed by atoms with Gasteiger partial charge in [-0.15, -0.1) is 0 Å². The number of hydrogen-bond acceptors (Lipinski definition) is 2. The molecule has 0 aliphatic heterocycles. The Bertz CT molecular complexity index is 551. The summed E-state index contributed by atoms with van der Waals surface area (Å²) in [5.74, 6) is 0. The smallest absolute Gasteiger partial charge is 0.108 e. The largest absolute Gasteiger partial charge is 0.383 e. The predicted molar refractivity (Wildman–Crippen MR) is 88.6 cm³/mol. The molecular formula is C18H24BrNO. The lowest BCUT2D eigenvalue weighted by Gasteiger charge is -2.48. The van der Waals surface area contributed by atoms with E-state index in [1.54, 1.807) is 0 Å². The summed E-state index contributed by atoms with van der Waals surface area (Å²) in [5, 5.41) is 21.3. The molecule has 2 rings (SSSR count). The number of hydrogen-bond donors (Lipinski definition) is 1. The molecule has 114 valence electrons. The molecule has 1 fully saturated rings. The van der Waals surface area contributed by atoms with Crippen LogP contribution in [0.3, 0.4) is 0 Å². The zero-order valence-electron chi connectivity index (χ0n) is 13.1. The Hall–Kier alpha value is -0.850. The standard InChI is InChI=1S/C18H24BrNO/c1-4-18(21,14-6-5-7-15(19)12-14)17(13-20)10-8-16(2,3)9-11-17/h5-7,12,21H,4,8-11H2,1-3H3. The summed E-state index contributed by atoms with van der Waals surface area (Å²) in [6, 6.07) is 10.3. The Balaban J connectivity index is 2.45. The van der Waals surface area contributed by atoms with Crippen LogP contribution >= 0.6 is 15.9 Å². The lowest BCUT2D eigenvalue weighted by atomic mass is 9.56. The van der Waals surface area contributed by atoms with E-state index in [1.165, 1.54) is 0 Å². The van der Waals surface area contributed by atoms with Crippen molar-refractivity contribution in [2.24, 2.45) is 10.8 Å². The molecule has 1 atom stereocenters. The average molecular weight is 350 g/mol. The summed E-state index contributed by atoms with van der Waals surface area (Å²) < 4.78 is 0.941. The summed E-state index contributed by atoms with van der Waals surface area (Å²) in [5.41, 5.74) is -0.646. The minimum Gasteiger partial charge on any atom is -0.383 e. The van der Waals surface area contributed by atoms with Crippen LogP contribution < -0.4 is 0 Å². The van der Waals surface area contributed by atoms with Crippen molar-refractivity contribution in [2.75, 3.05) is 0 Å². The van der Waals surface area contributed by atoms with Gasteiger partial charge in [0.1, 0.15) is 5.60 Å². The fourth-order valence-corrected chi connectivity index (χ4v) is 3.94. The van der Waals surface area contributed by atoms with Crippen molar-refractivity contribution in [3.8, 4) is 6.07 Å². The lowest BCUT2D eigenvalue weighted by molar-refractivity contribution is -0.0944. The van der Waals surface area contributed by atoms with Crippen LogP contribution in [0.2, 0.25) is 0 Å². The number of benzene rings is 1. The van der Waals surface area contributed by atoms with Crippen molar-refractivity contribution < 1.29 is 5.11 Å². The quantitative estimate of drug-likeness (QED) is 0.819. The van der Waals surface area contributed by atoms with Gasteiger partial charge in [0.2, 0.25) is 0 Å². The van der Waals surface area contributed by atoms with Crippen molar-refractivity contribution in [3.05, 3.63) is 34.3 Å². The van der Waals surface area contributed by atoms with Crippen LogP contribution in [0.25, 0.3) is 0 Å². The van der Waals surface area contributed by atoms with Gasteiger partial charge in [0.05, 0.1) is 11.5 Å². The van der Waals surface area contributed by atoms with E-state index in [2.05, 4.69) is 35.8 Å². The van der Waals surface area contributed by atoms with Gasteiger partial charge < -0.3 is 5.11 Å². The van der Waals surface area contributed by atoms with Gasteiger partial charge in [-0.25, -0.2) is 0 Å². The fourth-order valence-electron chi connectivity index (χ4n) is 3.54. The van der Waals surface area contributed by atoms with Gasteiger partial charge in [0.15, 0.2) is 0 Å². The van der Waals surface area contributed by atoms with E-state index < -0.39 is 11.0 Å². The molecular weight excluding hydrogens is 326 g/mol. The van der Waals surface area contributed by atoms with E-state index in [0.717, 1.165) is 35.7 Å². The summed E-state index contributed by atoms with van der Waals surface area (Å²) in [6.45, 7) is 6.47. The number of halogens is 1. The Morgan fingerprint density at radius 2 is 1.90 bits per heavy atom. The van der Waals surface area contributed by atoms with Gasteiger partial charge in [-0.1, -0.05) is 48.8 Å². The van der Waals surface area contributed by atoms with Gasteiger partial charge in [-0.05, 0) is 55.2 Å². The molecule has 1 unspecified atom stereocenters. The van der Waals surface area contributed by atoms with Gasteiger partial charge in [-0.3, -0.25) is 0 Å². The maximum atomic E-state index is 11.4. The van der Waals surface area contributed by atoms with E-state index >= 15 is 0 Å². The molecule has 0 spiro atoms. The van der Waals surface area contributed by atoms with Crippen molar-refractivity contribution in [1.82, 2.24) is 0 Å². The van der Waals surface area contributed by atoms with Crippen molar-refractivity contribution in [1.29, 1.82) is 5.26 Å². The molecule has 0 radical (unpaired) electrons. The monoisotopic (exact) mass is 349 g/mol. The minimum atomic E-state index is -1.08. The minimum absolute atomic E-state index is 0.270. The van der Waals surface area contributed by atoms with Crippen LogP contribution in [0.4, 0.5) is 0 Å². The third-order valence-electron chi connectivity index (χ3n) is 5.28. The second-order valence-corrected chi connectivity index (χ2v) is 8.00. The molecule has 0 amide bonds. The summed E-state index contributed by atoms with van der Waals surface area (Å²) >= 11 is 3.47. The fraction of sp³-hybridized carbons (Fsp3) is 0.611. The predicted octanol–water partition coefficient (Wildman–Crippen LogP) is 5.16. The first-order chi connectivity index (χ1) is 9.78. The van der Waals surface area contributed by atoms with E-state index in [0.29, 0.717) is 6.42 Å². The van der Waals surface area contributed by atoms with E-state index in [9.17, 15) is 10.4 Å². The van der Waals surface area contributed by atoms with Crippen LogP contribution in [-0.4, -0.2) is 5.11 Å². The molecule has 1 aromatic rings. The molecule has 21 heavy (non-hydrogen) atoms. The van der Waals surface area contributed by atoms with Crippen LogP contribution in [0.15, 0.2) is 28.7 Å². The highest BCUT2D eigenvalue weighted by Gasteiger charge is 2.53. The highest BCUT2D eigenvalue weighted by atomic mass is 79.9. The molecule has 1 aliphatic rings. The van der Waals surface area contributed by atoms with E-state index in [4.69, 9.17) is 0 Å². The van der Waals surface area contributed by atoms with Crippen molar-refractivity contribution >= 4 is 15.9 Å². The van der Waals surface area contributed by atoms with Gasteiger partial charge >= 0.3 is 0 Å². The number of aliphatic hydroxyl groups is 1. The molecule has 1 aliphatic carbocycles. The van der Waals surface area contributed by atoms with Crippen LogP contribution in [0.5, 0.6) is 0 Å². The molecule has 1 N–H and O–H groups in total. The van der Waals surface area contributed by atoms with Crippen LogP contribution in [-0.2, 0) is 5.60 Å². The lowest BCUT2D eigenvalue weighted by Crippen LogP contribution is -2.48. The molecule has 1 saturated carbocycles. The first-order valence-corrected chi connectivity index (χ1v) is 8.48. The van der Waals surface area contributed by atoms with E-state index in [1.807, 2.05) is 31.2 Å². The first-order valence-electron chi connectivity index (χ1n) is 7.68. The molecule has 1 aromatic carbocycles. The third kappa shape index (κ3) is 2.89. The van der Waals surface area contributed by atoms with Crippen molar-refractivity contribution in [2.45, 2.75) is 58.5 Å². The Labute approximate surface area is 136 Å². The Kier molecular flexibility index (Phi) is 4.52. The molecule has 0 saturated heterocycles. The topological polar surface area (TPSA) is 44.0 Å². The summed E-state index contributed by atoms with van der Waals surface area (Å²) in [7, 11) is 0. The zero-order chi connectivity index (χ0) is 15.7. The molecule has 3 heteroatoms. The highest BCUT2D eigenvalue weighted by molar-refractivity contribution is 9.10. The highest BCUT2D eigenvalue weighted by Crippen LogP contribution is 2.55. The molecule has 0 bridgehead atoms. The molecule has 0 heterocycles. The summed E-state index contributed by atoms with van der Waals surface area (Å²) in [4.78, 5) is 0. The van der Waals surface area contributed by atoms with Crippen molar-refractivity contribution in [3.63, 3.8) is 0 Å². The van der Waals surface area contributed by atoms with Gasteiger partial charge in [-0.2, -0.15) is 5.26 Å². The Morgan fingerprint density at radius 3 is 2.38 bits per heavy atom. The second kappa shape index (κ2) is 5.74.